The van der Waals surface area contributed by atoms with Crippen molar-refractivity contribution in [3.05, 3.63) is 29.0 Å². The van der Waals surface area contributed by atoms with E-state index in [1.54, 1.807) is 23.6 Å². The van der Waals surface area contributed by atoms with Gasteiger partial charge in [0.05, 0.1) is 16.4 Å². The van der Waals surface area contributed by atoms with Crippen molar-refractivity contribution in [3.8, 4) is 0 Å². The van der Waals surface area contributed by atoms with Crippen LogP contribution in [0.4, 0.5) is 0 Å². The molecule has 0 aliphatic carbocycles. The van der Waals surface area contributed by atoms with Gasteiger partial charge in [-0.3, -0.25) is 4.79 Å². The van der Waals surface area contributed by atoms with Gasteiger partial charge in [0, 0.05) is 0 Å². The topological polar surface area (TPSA) is 60.9 Å². The molecule has 2 aromatic rings. The molecule has 0 aliphatic rings. The summed E-state index contributed by atoms with van der Waals surface area (Å²) in [5, 5.41) is 0.532. The first-order valence-electron chi connectivity index (χ1n) is 5.07. The third-order valence-corrected chi connectivity index (χ3v) is 3.21. The molecule has 2 N–H and O–H groups in total. The molecule has 1 aromatic carbocycles. The van der Waals surface area contributed by atoms with Gasteiger partial charge in [0.25, 0.3) is 0 Å². The number of carbonyl (C=O) groups excluding carboxylic acids is 1. The minimum atomic E-state index is -0.507. The van der Waals surface area contributed by atoms with Crippen LogP contribution in [0.1, 0.15) is 18.8 Å². The van der Waals surface area contributed by atoms with E-state index in [-0.39, 0.29) is 5.88 Å². The molecule has 0 spiro atoms. The Hall–Kier alpha value is -1.26. The van der Waals surface area contributed by atoms with Crippen LogP contribution in [0.15, 0.2) is 18.2 Å². The highest BCUT2D eigenvalue weighted by Gasteiger charge is 2.19. The number of nitrogens with two attached hydrogens (primary N) is 1. The number of amides is 1. The third-order valence-electron chi connectivity index (χ3n) is 2.66. The molecule has 0 bridgehead atoms. The van der Waals surface area contributed by atoms with Crippen molar-refractivity contribution in [1.29, 1.82) is 0 Å². The number of alkyl halides is 1. The molecule has 0 saturated carbocycles. The molecular weight excluding hydrogens is 261 g/mol. The zero-order valence-corrected chi connectivity index (χ0v) is 10.7. The molecule has 1 aromatic heterocycles. The molecule has 1 heterocycles. The second-order valence-corrected chi connectivity index (χ2v) is 4.39. The number of imidazole rings is 1. The highest BCUT2D eigenvalue weighted by atomic mass is 35.5. The monoisotopic (exact) mass is 271 g/mol. The van der Waals surface area contributed by atoms with Gasteiger partial charge in [0.1, 0.15) is 17.4 Å². The molecule has 6 heteroatoms. The largest absolute Gasteiger partial charge is 0.368 e. The molecule has 0 fully saturated rings. The molecule has 17 heavy (non-hydrogen) atoms. The zero-order valence-electron chi connectivity index (χ0n) is 9.15. The maximum atomic E-state index is 11.3. The summed E-state index contributed by atoms with van der Waals surface area (Å²) < 4.78 is 1.72. The van der Waals surface area contributed by atoms with Crippen molar-refractivity contribution >= 4 is 40.1 Å². The maximum absolute atomic E-state index is 11.3. The molecule has 0 radical (unpaired) electrons. The fourth-order valence-corrected chi connectivity index (χ4v) is 2.18. The van der Waals surface area contributed by atoms with E-state index in [2.05, 4.69) is 4.98 Å². The first kappa shape index (κ1) is 12.2. The van der Waals surface area contributed by atoms with Crippen LogP contribution < -0.4 is 5.73 Å². The van der Waals surface area contributed by atoms with Crippen LogP contribution in [-0.2, 0) is 10.7 Å². The third kappa shape index (κ3) is 1.98. The van der Waals surface area contributed by atoms with Gasteiger partial charge in [-0.25, -0.2) is 4.98 Å². The summed E-state index contributed by atoms with van der Waals surface area (Å²) in [6.45, 7) is 1.71. The summed E-state index contributed by atoms with van der Waals surface area (Å²) in [6, 6.07) is 4.87. The summed E-state index contributed by atoms with van der Waals surface area (Å²) >= 11 is 11.9. The Kier molecular flexibility index (Phi) is 3.26. The number of rotatable bonds is 3. The number of hydrogen-bond acceptors (Lipinski definition) is 2. The van der Waals surface area contributed by atoms with E-state index in [9.17, 15) is 4.79 Å². The molecule has 0 aliphatic heterocycles. The number of carbonyl (C=O) groups is 1. The highest BCUT2D eigenvalue weighted by Crippen LogP contribution is 2.27. The van der Waals surface area contributed by atoms with E-state index in [4.69, 9.17) is 28.9 Å². The Morgan fingerprint density at radius 3 is 2.88 bits per heavy atom. The molecule has 4 nitrogen and oxygen atoms in total. The molecule has 1 atom stereocenters. The Morgan fingerprint density at radius 2 is 2.29 bits per heavy atom. The fraction of sp³-hybridized carbons (Fsp3) is 0.273. The zero-order chi connectivity index (χ0) is 12.6. The van der Waals surface area contributed by atoms with E-state index in [1.165, 1.54) is 0 Å². The molecule has 1 unspecified atom stereocenters. The van der Waals surface area contributed by atoms with Crippen LogP contribution in [-0.4, -0.2) is 15.5 Å². The summed E-state index contributed by atoms with van der Waals surface area (Å²) in [4.78, 5) is 15.6. The van der Waals surface area contributed by atoms with Crippen molar-refractivity contribution in [1.82, 2.24) is 9.55 Å². The summed E-state index contributed by atoms with van der Waals surface area (Å²) in [5.41, 5.74) is 6.72. The molecule has 90 valence electrons. The van der Waals surface area contributed by atoms with E-state index in [0.717, 1.165) is 5.52 Å². The van der Waals surface area contributed by atoms with Gasteiger partial charge in [-0.2, -0.15) is 0 Å². The number of aromatic nitrogens is 2. The molecule has 1 amide bonds. The lowest BCUT2D eigenvalue weighted by molar-refractivity contribution is -0.120. The van der Waals surface area contributed by atoms with Crippen LogP contribution in [0.2, 0.25) is 5.02 Å². The number of benzene rings is 1. The Morgan fingerprint density at radius 1 is 1.59 bits per heavy atom. The van der Waals surface area contributed by atoms with Gasteiger partial charge in [-0.1, -0.05) is 17.7 Å². The maximum Gasteiger partial charge on any atom is 0.240 e. The predicted molar refractivity (Wildman–Crippen MR) is 68.2 cm³/mol. The van der Waals surface area contributed by atoms with Gasteiger partial charge in [-0.15, -0.1) is 11.6 Å². The SMILES string of the molecule is CC(C(N)=O)n1c(CCl)nc2c(Cl)cccc21. The van der Waals surface area contributed by atoms with Crippen molar-refractivity contribution in [2.45, 2.75) is 18.8 Å². The van der Waals surface area contributed by atoms with Gasteiger partial charge < -0.3 is 10.3 Å². The smallest absolute Gasteiger partial charge is 0.240 e. The Bertz CT molecular complexity index is 579. The molecule has 0 saturated heterocycles. The van der Waals surface area contributed by atoms with Crippen molar-refractivity contribution in [2.24, 2.45) is 5.73 Å². The average molecular weight is 272 g/mol. The lowest BCUT2D eigenvalue weighted by atomic mass is 10.2. The number of nitrogens with zero attached hydrogens (tertiary/aromatic N) is 2. The highest BCUT2D eigenvalue weighted by molar-refractivity contribution is 6.35. The number of primary amides is 1. The summed E-state index contributed by atoms with van der Waals surface area (Å²) in [7, 11) is 0. The number of halogens is 2. The Labute approximate surface area is 108 Å². The van der Waals surface area contributed by atoms with E-state index in [0.29, 0.717) is 16.4 Å². The van der Waals surface area contributed by atoms with Gasteiger partial charge in [-0.05, 0) is 19.1 Å². The first-order chi connectivity index (χ1) is 8.06. The summed E-state index contributed by atoms with van der Waals surface area (Å²) in [5.74, 6) is 0.347. The minimum absolute atomic E-state index is 0.197. The number of hydrogen-bond donors (Lipinski definition) is 1. The van der Waals surface area contributed by atoms with E-state index in [1.807, 2.05) is 6.07 Å². The van der Waals surface area contributed by atoms with Gasteiger partial charge >= 0.3 is 0 Å². The van der Waals surface area contributed by atoms with E-state index < -0.39 is 11.9 Å². The standard InChI is InChI=1S/C11H11Cl2N3O/c1-6(11(14)17)16-8-4-2-3-7(13)10(8)15-9(16)5-12/h2-4,6H,5H2,1H3,(H2,14,17). The Balaban J connectivity index is 2.75. The minimum Gasteiger partial charge on any atom is -0.368 e. The van der Waals surface area contributed by atoms with Crippen LogP contribution in [0.25, 0.3) is 11.0 Å². The normalized spacial score (nSPS) is 12.9. The van der Waals surface area contributed by atoms with Crippen LogP contribution in [0.5, 0.6) is 0 Å². The van der Waals surface area contributed by atoms with E-state index >= 15 is 0 Å². The van der Waals surface area contributed by atoms with Gasteiger partial charge in [0.2, 0.25) is 5.91 Å². The molecule has 2 rings (SSSR count). The second kappa shape index (κ2) is 4.55. The van der Waals surface area contributed by atoms with Crippen molar-refractivity contribution in [3.63, 3.8) is 0 Å². The fourth-order valence-electron chi connectivity index (χ4n) is 1.78. The van der Waals surface area contributed by atoms with Crippen LogP contribution >= 0.6 is 23.2 Å². The lowest BCUT2D eigenvalue weighted by Gasteiger charge is -2.13. The van der Waals surface area contributed by atoms with Gasteiger partial charge in [0.15, 0.2) is 0 Å². The number of para-hydroxylation sites is 1. The van der Waals surface area contributed by atoms with Crippen molar-refractivity contribution in [2.75, 3.05) is 0 Å². The van der Waals surface area contributed by atoms with Crippen LogP contribution in [0.3, 0.4) is 0 Å². The lowest BCUT2D eigenvalue weighted by Crippen LogP contribution is -2.25. The quantitative estimate of drug-likeness (QED) is 0.872. The summed E-state index contributed by atoms with van der Waals surface area (Å²) in [6.07, 6.45) is 0. The molecular formula is C11H11Cl2N3O. The number of fused-ring (bicyclic) bond motifs is 1. The predicted octanol–water partition coefficient (Wildman–Crippen LogP) is 2.47. The average Bonchev–Trinajstić information content (AvgIpc) is 2.67. The van der Waals surface area contributed by atoms with Crippen LogP contribution in [0, 0.1) is 0 Å². The first-order valence-corrected chi connectivity index (χ1v) is 5.98. The second-order valence-electron chi connectivity index (χ2n) is 3.72. The van der Waals surface area contributed by atoms with Crippen molar-refractivity contribution < 1.29 is 4.79 Å².